The Morgan fingerprint density at radius 3 is 2.44 bits per heavy atom. The van der Waals surface area contributed by atoms with Crippen molar-refractivity contribution in [2.75, 3.05) is 33.1 Å². The van der Waals surface area contributed by atoms with Crippen LogP contribution in [-0.4, -0.2) is 46.8 Å². The first-order chi connectivity index (χ1) is 12.2. The van der Waals surface area contributed by atoms with Gasteiger partial charge in [-0.25, -0.2) is 4.85 Å². The lowest BCUT2D eigenvalue weighted by Gasteiger charge is -2.31. The van der Waals surface area contributed by atoms with Gasteiger partial charge < -0.3 is 18.0 Å². The zero-order chi connectivity index (χ0) is 18.1. The standard InChI is InChI=1S/C18H28N2O4Si/c1-5-22-25(23-6-2,24-7-3)12-8-11-20-14-16-13-17(19-4)9-10-18(16)21-15-20/h9-10,13H,5-8,11-12,14-15H2,1-3H3. The van der Waals surface area contributed by atoms with E-state index in [-0.39, 0.29) is 0 Å². The van der Waals surface area contributed by atoms with Crippen molar-refractivity contribution in [3.05, 3.63) is 35.2 Å². The fraction of sp³-hybridized carbons (Fsp3) is 0.611. The molecule has 1 aliphatic heterocycles. The van der Waals surface area contributed by atoms with Gasteiger partial charge >= 0.3 is 8.80 Å². The molecular formula is C18H28N2O4Si. The van der Waals surface area contributed by atoms with Crippen molar-refractivity contribution in [3.8, 4) is 5.75 Å². The Morgan fingerprint density at radius 1 is 1.16 bits per heavy atom. The van der Waals surface area contributed by atoms with E-state index in [1.54, 1.807) is 6.07 Å². The van der Waals surface area contributed by atoms with Crippen LogP contribution in [0.25, 0.3) is 4.85 Å². The zero-order valence-electron chi connectivity index (χ0n) is 15.4. The number of ether oxygens (including phenoxy) is 1. The van der Waals surface area contributed by atoms with Crippen molar-refractivity contribution in [2.45, 2.75) is 39.8 Å². The maximum Gasteiger partial charge on any atom is 0.500 e. The summed E-state index contributed by atoms with van der Waals surface area (Å²) in [6.45, 7) is 17.1. The van der Waals surface area contributed by atoms with Gasteiger partial charge in [0.25, 0.3) is 0 Å². The second-order valence-electron chi connectivity index (χ2n) is 5.82. The molecule has 1 heterocycles. The molecule has 1 aliphatic rings. The maximum absolute atomic E-state index is 7.14. The smallest absolute Gasteiger partial charge is 0.478 e. The highest BCUT2D eigenvalue weighted by Crippen LogP contribution is 2.29. The minimum Gasteiger partial charge on any atom is -0.478 e. The van der Waals surface area contributed by atoms with Crippen LogP contribution < -0.4 is 4.74 Å². The molecule has 0 saturated heterocycles. The molecule has 0 saturated carbocycles. The molecule has 6 nitrogen and oxygen atoms in total. The third kappa shape index (κ3) is 5.52. The Kier molecular flexibility index (Phi) is 7.87. The maximum atomic E-state index is 7.14. The molecule has 1 aromatic rings. The first kappa shape index (κ1) is 19.9. The SMILES string of the molecule is [C-]#[N+]c1ccc2c(c1)CN(CCC[Si](OCC)(OCC)OCC)CO2. The molecule has 0 aliphatic carbocycles. The largest absolute Gasteiger partial charge is 0.500 e. The van der Waals surface area contributed by atoms with E-state index < -0.39 is 8.80 Å². The van der Waals surface area contributed by atoms with Gasteiger partial charge in [-0.1, -0.05) is 6.07 Å². The molecule has 0 unspecified atom stereocenters. The van der Waals surface area contributed by atoms with Gasteiger partial charge in [0, 0.05) is 39.0 Å². The summed E-state index contributed by atoms with van der Waals surface area (Å²) in [6.07, 6.45) is 0.924. The number of benzene rings is 1. The van der Waals surface area contributed by atoms with Gasteiger partial charge in [0.2, 0.25) is 0 Å². The summed E-state index contributed by atoms with van der Waals surface area (Å²) in [5.41, 5.74) is 1.72. The number of hydrogen-bond acceptors (Lipinski definition) is 5. The van der Waals surface area contributed by atoms with Crippen LogP contribution in [0.1, 0.15) is 32.8 Å². The summed E-state index contributed by atoms with van der Waals surface area (Å²) in [5, 5.41) is 0. The minimum atomic E-state index is -2.57. The summed E-state index contributed by atoms with van der Waals surface area (Å²) >= 11 is 0. The predicted molar refractivity (Wildman–Crippen MR) is 98.7 cm³/mol. The van der Waals surface area contributed by atoms with Gasteiger partial charge in [0.15, 0.2) is 5.69 Å². The summed E-state index contributed by atoms with van der Waals surface area (Å²) < 4.78 is 23.5. The Bertz CT molecular complexity index is 574. The summed E-state index contributed by atoms with van der Waals surface area (Å²) in [4.78, 5) is 5.73. The van der Waals surface area contributed by atoms with E-state index in [2.05, 4.69) is 9.74 Å². The van der Waals surface area contributed by atoms with Crippen LogP contribution in [0.3, 0.4) is 0 Å². The molecule has 0 fully saturated rings. The molecule has 0 N–H and O–H groups in total. The lowest BCUT2D eigenvalue weighted by molar-refractivity contribution is 0.0653. The van der Waals surface area contributed by atoms with Gasteiger partial charge in [0.1, 0.15) is 12.5 Å². The molecule has 0 amide bonds. The normalized spacial score (nSPS) is 14.6. The molecule has 138 valence electrons. The van der Waals surface area contributed by atoms with Crippen molar-refractivity contribution < 1.29 is 18.0 Å². The summed E-state index contributed by atoms with van der Waals surface area (Å²) in [6, 6.07) is 6.40. The van der Waals surface area contributed by atoms with Crippen LogP contribution in [0, 0.1) is 6.57 Å². The van der Waals surface area contributed by atoms with Crippen LogP contribution in [-0.2, 0) is 19.8 Å². The molecule has 7 heteroatoms. The van der Waals surface area contributed by atoms with E-state index in [0.29, 0.717) is 32.2 Å². The highest BCUT2D eigenvalue weighted by Gasteiger charge is 2.39. The zero-order valence-corrected chi connectivity index (χ0v) is 16.4. The average Bonchev–Trinajstić information content (AvgIpc) is 2.62. The number of rotatable bonds is 10. The lowest BCUT2D eigenvalue weighted by Crippen LogP contribution is -2.46. The van der Waals surface area contributed by atoms with Crippen LogP contribution in [0.5, 0.6) is 5.75 Å². The van der Waals surface area contributed by atoms with Crippen molar-refractivity contribution in [2.24, 2.45) is 0 Å². The van der Waals surface area contributed by atoms with E-state index in [1.807, 2.05) is 32.9 Å². The van der Waals surface area contributed by atoms with Crippen molar-refractivity contribution in [1.29, 1.82) is 0 Å². The molecular weight excluding hydrogens is 336 g/mol. The van der Waals surface area contributed by atoms with Crippen LogP contribution in [0.4, 0.5) is 5.69 Å². The Hall–Kier alpha value is -1.43. The minimum absolute atomic E-state index is 0.566. The summed E-state index contributed by atoms with van der Waals surface area (Å²) in [5.74, 6) is 0.880. The monoisotopic (exact) mass is 364 g/mol. The van der Waals surface area contributed by atoms with Crippen LogP contribution in [0.2, 0.25) is 6.04 Å². The van der Waals surface area contributed by atoms with Gasteiger partial charge in [0.05, 0.1) is 6.57 Å². The molecule has 0 bridgehead atoms. The molecule has 1 aromatic carbocycles. The first-order valence-corrected chi connectivity index (χ1v) is 10.9. The van der Waals surface area contributed by atoms with Crippen LogP contribution in [0.15, 0.2) is 18.2 Å². The third-order valence-electron chi connectivity index (χ3n) is 4.02. The third-order valence-corrected chi connectivity index (χ3v) is 7.17. The van der Waals surface area contributed by atoms with Gasteiger partial charge in [-0.05, 0) is 44.9 Å². The van der Waals surface area contributed by atoms with E-state index in [0.717, 1.165) is 36.9 Å². The fourth-order valence-electron chi connectivity index (χ4n) is 3.01. The van der Waals surface area contributed by atoms with Gasteiger partial charge in [-0.2, -0.15) is 0 Å². The molecule has 0 aromatic heterocycles. The topological polar surface area (TPSA) is 44.5 Å². The van der Waals surface area contributed by atoms with Gasteiger partial charge in [-0.3, -0.25) is 4.90 Å². The van der Waals surface area contributed by atoms with Gasteiger partial charge in [-0.15, -0.1) is 0 Å². The molecule has 25 heavy (non-hydrogen) atoms. The van der Waals surface area contributed by atoms with Crippen molar-refractivity contribution in [3.63, 3.8) is 0 Å². The Balaban J connectivity index is 1.91. The van der Waals surface area contributed by atoms with E-state index in [9.17, 15) is 0 Å². The lowest BCUT2D eigenvalue weighted by atomic mass is 10.1. The highest BCUT2D eigenvalue weighted by atomic mass is 28.4. The fourth-order valence-corrected chi connectivity index (χ4v) is 5.60. The average molecular weight is 365 g/mol. The highest BCUT2D eigenvalue weighted by molar-refractivity contribution is 6.60. The number of hydrogen-bond donors (Lipinski definition) is 0. The molecule has 0 radical (unpaired) electrons. The molecule has 0 atom stereocenters. The molecule has 0 spiro atoms. The predicted octanol–water partition coefficient (Wildman–Crippen LogP) is 3.83. The molecule has 2 rings (SSSR count). The Labute approximate surface area is 151 Å². The van der Waals surface area contributed by atoms with E-state index in [4.69, 9.17) is 24.6 Å². The number of fused-ring (bicyclic) bond motifs is 1. The first-order valence-electron chi connectivity index (χ1n) is 8.93. The second-order valence-corrected chi connectivity index (χ2v) is 8.55. The quantitative estimate of drug-likeness (QED) is 0.466. The van der Waals surface area contributed by atoms with E-state index in [1.165, 1.54) is 0 Å². The van der Waals surface area contributed by atoms with Crippen molar-refractivity contribution >= 4 is 14.5 Å². The number of nitrogens with zero attached hydrogens (tertiary/aromatic N) is 2. The Morgan fingerprint density at radius 2 is 1.84 bits per heavy atom. The van der Waals surface area contributed by atoms with E-state index >= 15 is 0 Å². The second kappa shape index (κ2) is 9.90. The van der Waals surface area contributed by atoms with Crippen LogP contribution >= 0.6 is 0 Å². The van der Waals surface area contributed by atoms with Crippen molar-refractivity contribution in [1.82, 2.24) is 4.90 Å². The summed E-state index contributed by atoms with van der Waals surface area (Å²) in [7, 11) is -2.57.